The van der Waals surface area contributed by atoms with Crippen molar-refractivity contribution in [3.8, 4) is 0 Å². The zero-order valence-corrected chi connectivity index (χ0v) is 9.38. The average molecular weight is 219 g/mol. The molecule has 0 aliphatic heterocycles. The third kappa shape index (κ3) is 6.77. The van der Waals surface area contributed by atoms with Gasteiger partial charge in [0, 0.05) is 12.5 Å². The maximum atomic E-state index is 11.1. The summed E-state index contributed by atoms with van der Waals surface area (Å²) in [6.07, 6.45) is 1.41. The second-order valence-corrected chi connectivity index (χ2v) is 4.15. The number of carboxylic acids is 1. The minimum atomic E-state index is -0.800. The van der Waals surface area contributed by atoms with Crippen LogP contribution in [0.15, 0.2) is 0 Å². The number of hydrogen-bond acceptors (Lipinski definition) is 3. The van der Waals surface area contributed by atoms with Crippen LogP contribution in [0.2, 0.25) is 0 Å². The van der Waals surface area contributed by atoms with Gasteiger partial charge in [0.2, 0.25) is 5.91 Å². The minimum Gasteiger partial charge on any atom is -0.481 e. The molecule has 0 saturated heterocycles. The average Bonchev–Trinajstić information content (AvgIpc) is 2.02. The molecule has 0 spiro atoms. The predicted molar refractivity (Wildman–Crippen MR) is 57.5 cm³/mol. The van der Waals surface area contributed by atoms with Gasteiger partial charge in [-0.1, -0.05) is 0 Å². The van der Waals surface area contributed by atoms with Gasteiger partial charge in [0.05, 0.1) is 5.25 Å². The van der Waals surface area contributed by atoms with Crippen molar-refractivity contribution in [1.82, 2.24) is 5.32 Å². The van der Waals surface area contributed by atoms with Gasteiger partial charge in [-0.3, -0.25) is 9.59 Å². The van der Waals surface area contributed by atoms with Crippen molar-refractivity contribution in [2.75, 3.05) is 0 Å². The molecule has 0 bridgehead atoms. The first-order valence-corrected chi connectivity index (χ1v) is 5.15. The molecule has 5 heteroatoms. The summed E-state index contributed by atoms with van der Waals surface area (Å²) in [7, 11) is 0. The zero-order valence-electron chi connectivity index (χ0n) is 8.49. The smallest absolute Gasteiger partial charge is 0.303 e. The first-order valence-electron chi connectivity index (χ1n) is 4.63. The molecular weight excluding hydrogens is 202 g/mol. The minimum absolute atomic E-state index is 0.0106. The molecule has 0 aromatic heterocycles. The fourth-order valence-electron chi connectivity index (χ4n) is 0.995. The molecule has 2 unspecified atom stereocenters. The summed E-state index contributed by atoms with van der Waals surface area (Å²) in [4.78, 5) is 21.4. The van der Waals surface area contributed by atoms with Crippen LogP contribution in [0.1, 0.15) is 33.1 Å². The Hall–Kier alpha value is -0.710. The largest absolute Gasteiger partial charge is 0.481 e. The van der Waals surface area contributed by atoms with Crippen molar-refractivity contribution in [2.24, 2.45) is 0 Å². The Morgan fingerprint density at radius 3 is 2.43 bits per heavy atom. The molecule has 0 radical (unpaired) electrons. The number of amides is 1. The summed E-state index contributed by atoms with van der Waals surface area (Å²) in [6.45, 7) is 3.55. The summed E-state index contributed by atoms with van der Waals surface area (Å²) in [5, 5.41) is 10.8. The lowest BCUT2D eigenvalue weighted by molar-refractivity contribution is -0.137. The van der Waals surface area contributed by atoms with E-state index in [-0.39, 0.29) is 23.6 Å². The molecule has 14 heavy (non-hydrogen) atoms. The van der Waals surface area contributed by atoms with Crippen LogP contribution < -0.4 is 5.32 Å². The highest BCUT2D eigenvalue weighted by molar-refractivity contribution is 7.81. The summed E-state index contributed by atoms with van der Waals surface area (Å²) in [6, 6.07) is 0.0106. The number of nitrogens with one attached hydrogen (secondary N) is 1. The summed E-state index contributed by atoms with van der Waals surface area (Å²) < 4.78 is 0. The van der Waals surface area contributed by atoms with E-state index < -0.39 is 5.97 Å². The molecule has 0 rings (SSSR count). The molecule has 0 heterocycles. The monoisotopic (exact) mass is 219 g/mol. The normalized spacial score (nSPS) is 14.5. The van der Waals surface area contributed by atoms with Crippen LogP contribution in [0.5, 0.6) is 0 Å². The molecule has 4 nitrogen and oxygen atoms in total. The molecule has 0 aliphatic carbocycles. The van der Waals surface area contributed by atoms with Gasteiger partial charge in [0.1, 0.15) is 0 Å². The van der Waals surface area contributed by atoms with E-state index in [4.69, 9.17) is 5.11 Å². The fraction of sp³-hybridized carbons (Fsp3) is 0.778. The van der Waals surface area contributed by atoms with Crippen molar-refractivity contribution in [3.05, 3.63) is 0 Å². The van der Waals surface area contributed by atoms with Crippen LogP contribution in [0, 0.1) is 0 Å². The standard InChI is InChI=1S/C9H17NO3S/c1-6(4-3-5-8(11)12)10-9(13)7(2)14/h6-7,14H,3-5H2,1-2H3,(H,10,13)(H,11,12). The highest BCUT2D eigenvalue weighted by Gasteiger charge is 2.11. The summed E-state index contributed by atoms with van der Waals surface area (Å²) in [5.41, 5.74) is 0. The van der Waals surface area contributed by atoms with Crippen LogP contribution in [-0.4, -0.2) is 28.3 Å². The Balaban J connectivity index is 3.60. The van der Waals surface area contributed by atoms with E-state index in [1.165, 1.54) is 0 Å². The first kappa shape index (κ1) is 13.3. The van der Waals surface area contributed by atoms with E-state index in [1.807, 2.05) is 6.92 Å². The van der Waals surface area contributed by atoms with Gasteiger partial charge in [-0.25, -0.2) is 0 Å². The predicted octanol–water partition coefficient (Wildman–Crippen LogP) is 1.06. The molecule has 0 aromatic carbocycles. The van der Waals surface area contributed by atoms with Crippen LogP contribution in [-0.2, 0) is 9.59 Å². The van der Waals surface area contributed by atoms with E-state index >= 15 is 0 Å². The van der Waals surface area contributed by atoms with Crippen molar-refractivity contribution in [3.63, 3.8) is 0 Å². The number of carboxylic acid groups (broad SMARTS) is 1. The first-order chi connectivity index (χ1) is 6.43. The highest BCUT2D eigenvalue weighted by atomic mass is 32.1. The lowest BCUT2D eigenvalue weighted by atomic mass is 10.1. The van der Waals surface area contributed by atoms with Gasteiger partial charge < -0.3 is 10.4 Å². The second-order valence-electron chi connectivity index (χ2n) is 3.37. The number of thiol groups is 1. The Morgan fingerprint density at radius 2 is 2.00 bits per heavy atom. The van der Waals surface area contributed by atoms with Crippen molar-refractivity contribution < 1.29 is 14.7 Å². The number of carbonyl (C=O) groups excluding carboxylic acids is 1. The topological polar surface area (TPSA) is 66.4 Å². The zero-order chi connectivity index (χ0) is 11.1. The van der Waals surface area contributed by atoms with E-state index in [0.717, 1.165) is 0 Å². The van der Waals surface area contributed by atoms with E-state index in [1.54, 1.807) is 6.92 Å². The van der Waals surface area contributed by atoms with Crippen LogP contribution in [0.3, 0.4) is 0 Å². The lowest BCUT2D eigenvalue weighted by Crippen LogP contribution is -2.36. The molecule has 2 N–H and O–H groups in total. The number of carbonyl (C=O) groups is 2. The maximum Gasteiger partial charge on any atom is 0.303 e. The van der Waals surface area contributed by atoms with Crippen molar-refractivity contribution in [2.45, 2.75) is 44.4 Å². The van der Waals surface area contributed by atoms with Crippen molar-refractivity contribution >= 4 is 24.5 Å². The van der Waals surface area contributed by atoms with Gasteiger partial charge in [-0.15, -0.1) is 0 Å². The van der Waals surface area contributed by atoms with E-state index in [0.29, 0.717) is 12.8 Å². The molecule has 0 fully saturated rings. The quantitative estimate of drug-likeness (QED) is 0.585. The van der Waals surface area contributed by atoms with Crippen LogP contribution in [0.4, 0.5) is 0 Å². The molecule has 0 saturated carbocycles. The molecule has 0 aromatic rings. The molecule has 0 aliphatic rings. The van der Waals surface area contributed by atoms with Gasteiger partial charge in [-0.05, 0) is 26.7 Å². The van der Waals surface area contributed by atoms with Gasteiger partial charge in [-0.2, -0.15) is 12.6 Å². The molecule has 82 valence electrons. The second kappa shape index (κ2) is 6.70. The molecule has 2 atom stereocenters. The van der Waals surface area contributed by atoms with E-state index in [9.17, 15) is 9.59 Å². The van der Waals surface area contributed by atoms with E-state index in [2.05, 4.69) is 17.9 Å². The Kier molecular flexibility index (Phi) is 6.36. The Bertz CT molecular complexity index is 206. The van der Waals surface area contributed by atoms with Crippen LogP contribution >= 0.6 is 12.6 Å². The van der Waals surface area contributed by atoms with Crippen LogP contribution in [0.25, 0.3) is 0 Å². The van der Waals surface area contributed by atoms with Crippen molar-refractivity contribution in [1.29, 1.82) is 0 Å². The third-order valence-electron chi connectivity index (χ3n) is 1.80. The summed E-state index contributed by atoms with van der Waals surface area (Å²) in [5.74, 6) is -0.915. The third-order valence-corrected chi connectivity index (χ3v) is 2.03. The van der Waals surface area contributed by atoms with Gasteiger partial charge >= 0.3 is 5.97 Å². The SMILES string of the molecule is CC(CCCC(=O)O)NC(=O)C(C)S. The molecular formula is C9H17NO3S. The van der Waals surface area contributed by atoms with Gasteiger partial charge in [0.15, 0.2) is 0 Å². The highest BCUT2D eigenvalue weighted by Crippen LogP contribution is 2.01. The lowest BCUT2D eigenvalue weighted by Gasteiger charge is -2.14. The number of aliphatic carboxylic acids is 1. The number of rotatable bonds is 6. The van der Waals surface area contributed by atoms with Gasteiger partial charge in [0.25, 0.3) is 0 Å². The summed E-state index contributed by atoms with van der Waals surface area (Å²) >= 11 is 3.99. The Labute approximate surface area is 89.5 Å². The fourth-order valence-corrected chi connectivity index (χ4v) is 1.07. The molecule has 1 amide bonds. The Morgan fingerprint density at radius 1 is 1.43 bits per heavy atom. The number of hydrogen-bond donors (Lipinski definition) is 3. The maximum absolute atomic E-state index is 11.1.